The minimum Gasteiger partial charge on any atom is -0.256 e. The Morgan fingerprint density at radius 1 is 0.486 bits per heavy atom. The molecule has 0 fully saturated rings. The van der Waals surface area contributed by atoms with E-state index in [1.54, 1.807) is 0 Å². The molecule has 1 heteroatoms. The third-order valence-corrected chi connectivity index (χ3v) is 7.02. The minimum absolute atomic E-state index is 0.988. The molecule has 1 heterocycles. The monoisotopic (exact) mass is 444 g/mol. The lowest BCUT2D eigenvalue weighted by Crippen LogP contribution is -1.93. The number of nitrogens with zero attached hydrogens (tertiary/aromatic N) is 1. The first-order chi connectivity index (χ1) is 17.3. The zero-order chi connectivity index (χ0) is 23.4. The minimum atomic E-state index is 0.988. The van der Waals surface area contributed by atoms with Crippen molar-refractivity contribution in [3.63, 3.8) is 0 Å². The van der Waals surface area contributed by atoms with Crippen LogP contribution in [0.25, 0.3) is 65.8 Å². The molecule has 0 amide bonds. The van der Waals surface area contributed by atoms with Crippen molar-refractivity contribution in [2.24, 2.45) is 0 Å². The Morgan fingerprint density at radius 2 is 1.14 bits per heavy atom. The maximum absolute atomic E-state index is 4.75. The SMILES string of the molecule is [CH2+]c1cc2ccc3c(-c4ccccn4)cc(-c4ccccc4-c4ccccc4)c4ccc(c1)c2c34. The Hall–Kier alpha value is -4.62. The first-order valence-electron chi connectivity index (χ1n) is 11.9. The second-order valence-corrected chi connectivity index (χ2v) is 9.12. The third-order valence-electron chi connectivity index (χ3n) is 7.02. The van der Waals surface area contributed by atoms with Crippen molar-refractivity contribution in [3.8, 4) is 33.5 Å². The molecule has 1 nitrogen and oxygen atoms in total. The van der Waals surface area contributed by atoms with E-state index in [-0.39, 0.29) is 0 Å². The van der Waals surface area contributed by atoms with Gasteiger partial charge in [0.15, 0.2) is 0 Å². The van der Waals surface area contributed by atoms with Gasteiger partial charge in [0.2, 0.25) is 0 Å². The van der Waals surface area contributed by atoms with E-state index in [4.69, 9.17) is 4.98 Å². The van der Waals surface area contributed by atoms with Crippen LogP contribution in [-0.4, -0.2) is 4.98 Å². The van der Waals surface area contributed by atoms with E-state index >= 15 is 0 Å². The van der Waals surface area contributed by atoms with E-state index in [1.807, 2.05) is 12.3 Å². The number of hydrogen-bond acceptors (Lipinski definition) is 1. The van der Waals surface area contributed by atoms with Crippen LogP contribution >= 0.6 is 0 Å². The number of pyridine rings is 1. The van der Waals surface area contributed by atoms with Crippen LogP contribution in [0.1, 0.15) is 5.56 Å². The Bertz CT molecular complexity index is 1810. The molecule has 0 N–H and O–H groups in total. The summed E-state index contributed by atoms with van der Waals surface area (Å²) in [5.41, 5.74) is 8.09. The van der Waals surface area contributed by atoms with E-state index in [9.17, 15) is 0 Å². The van der Waals surface area contributed by atoms with Gasteiger partial charge in [-0.25, -0.2) is 0 Å². The molecule has 0 radical (unpaired) electrons. The van der Waals surface area contributed by atoms with Gasteiger partial charge in [0.1, 0.15) is 5.56 Å². The number of benzene rings is 6. The molecule has 0 aliphatic rings. The number of aromatic nitrogens is 1. The van der Waals surface area contributed by atoms with Crippen LogP contribution in [0.5, 0.6) is 0 Å². The van der Waals surface area contributed by atoms with E-state index in [0.717, 1.165) is 16.8 Å². The van der Waals surface area contributed by atoms with Crippen LogP contribution in [0, 0.1) is 6.92 Å². The summed E-state index contributed by atoms with van der Waals surface area (Å²) in [6.45, 7) is 4.21. The zero-order valence-corrected chi connectivity index (χ0v) is 19.2. The summed E-state index contributed by atoms with van der Waals surface area (Å²) in [4.78, 5) is 4.75. The molecule has 7 rings (SSSR count). The maximum atomic E-state index is 4.75. The molecule has 1 aromatic heterocycles. The van der Waals surface area contributed by atoms with Gasteiger partial charge >= 0.3 is 0 Å². The van der Waals surface area contributed by atoms with Crippen LogP contribution < -0.4 is 0 Å². The average molecular weight is 445 g/mol. The lowest BCUT2D eigenvalue weighted by atomic mass is 9.84. The maximum Gasteiger partial charge on any atom is 0.128 e. The van der Waals surface area contributed by atoms with Crippen molar-refractivity contribution in [2.45, 2.75) is 0 Å². The lowest BCUT2D eigenvalue weighted by Gasteiger charge is -2.18. The summed E-state index contributed by atoms with van der Waals surface area (Å²) >= 11 is 0. The predicted octanol–water partition coefficient (Wildman–Crippen LogP) is 9.16. The van der Waals surface area contributed by atoms with Crippen LogP contribution in [-0.2, 0) is 0 Å². The van der Waals surface area contributed by atoms with Crippen molar-refractivity contribution in [2.75, 3.05) is 0 Å². The van der Waals surface area contributed by atoms with E-state index in [0.29, 0.717) is 0 Å². The quantitative estimate of drug-likeness (QED) is 0.195. The summed E-state index contributed by atoms with van der Waals surface area (Å²) in [6, 6.07) is 41.2. The largest absolute Gasteiger partial charge is 0.256 e. The van der Waals surface area contributed by atoms with Crippen molar-refractivity contribution in [3.05, 3.63) is 134 Å². The molecule has 7 aromatic rings. The molecule has 0 aliphatic carbocycles. The molecular weight excluding hydrogens is 422 g/mol. The Balaban J connectivity index is 1.66. The second-order valence-electron chi connectivity index (χ2n) is 9.12. The predicted molar refractivity (Wildman–Crippen MR) is 149 cm³/mol. The van der Waals surface area contributed by atoms with Gasteiger partial charge in [0.25, 0.3) is 0 Å². The van der Waals surface area contributed by atoms with E-state index in [2.05, 4.69) is 116 Å². The Morgan fingerprint density at radius 3 is 1.86 bits per heavy atom. The molecule has 0 bridgehead atoms. The average Bonchev–Trinajstić information content (AvgIpc) is 2.92. The van der Waals surface area contributed by atoms with Crippen LogP contribution in [0.3, 0.4) is 0 Å². The molecule has 0 saturated heterocycles. The van der Waals surface area contributed by atoms with Gasteiger partial charge in [-0.1, -0.05) is 72.8 Å². The fourth-order valence-corrected chi connectivity index (χ4v) is 5.52. The highest BCUT2D eigenvalue weighted by Gasteiger charge is 2.20. The smallest absolute Gasteiger partial charge is 0.128 e. The molecule has 0 unspecified atom stereocenters. The van der Waals surface area contributed by atoms with Gasteiger partial charge < -0.3 is 0 Å². The molecule has 0 atom stereocenters. The van der Waals surface area contributed by atoms with Crippen LogP contribution in [0.4, 0.5) is 0 Å². The molecule has 0 spiro atoms. The molecular formula is C34H22N+. The fraction of sp³-hybridized carbons (Fsp3) is 0. The van der Waals surface area contributed by atoms with Gasteiger partial charge in [-0.2, -0.15) is 0 Å². The summed E-state index contributed by atoms with van der Waals surface area (Å²) in [7, 11) is 0. The zero-order valence-electron chi connectivity index (χ0n) is 19.2. The topological polar surface area (TPSA) is 12.9 Å². The molecule has 162 valence electrons. The summed E-state index contributed by atoms with van der Waals surface area (Å²) in [5, 5.41) is 7.54. The van der Waals surface area contributed by atoms with Crippen molar-refractivity contribution < 1.29 is 0 Å². The van der Waals surface area contributed by atoms with Gasteiger partial charge in [-0.3, -0.25) is 4.98 Å². The Kier molecular flexibility index (Phi) is 4.37. The van der Waals surface area contributed by atoms with Crippen LogP contribution in [0.15, 0.2) is 121 Å². The first-order valence-corrected chi connectivity index (χ1v) is 11.9. The second kappa shape index (κ2) is 7.72. The first kappa shape index (κ1) is 19.8. The van der Waals surface area contributed by atoms with Crippen molar-refractivity contribution >= 4 is 32.3 Å². The Labute approximate surface area is 204 Å². The summed E-state index contributed by atoms with van der Waals surface area (Å²) in [6.07, 6.45) is 1.87. The fourth-order valence-electron chi connectivity index (χ4n) is 5.52. The number of rotatable bonds is 3. The highest BCUT2D eigenvalue weighted by molar-refractivity contribution is 6.28. The van der Waals surface area contributed by atoms with Crippen molar-refractivity contribution in [1.29, 1.82) is 0 Å². The molecule has 35 heavy (non-hydrogen) atoms. The van der Waals surface area contributed by atoms with Gasteiger partial charge in [0.05, 0.1) is 17.8 Å². The van der Waals surface area contributed by atoms with Crippen molar-refractivity contribution in [1.82, 2.24) is 4.98 Å². The standard InChI is InChI=1S/C34H22N/c1-22-19-24-14-16-28-30(27-12-6-5-11-26(27)23-9-3-2-4-10-23)21-31(32-13-7-8-18-35-32)29-17-15-25(20-22)33(24)34(28)29/h2-21H,1H2/q+1. The molecule has 0 saturated carbocycles. The van der Waals surface area contributed by atoms with Gasteiger partial charge in [-0.05, 0) is 63.4 Å². The molecule has 0 aliphatic heterocycles. The third kappa shape index (κ3) is 3.09. The van der Waals surface area contributed by atoms with E-state index < -0.39 is 0 Å². The highest BCUT2D eigenvalue weighted by Crippen LogP contribution is 2.45. The lowest BCUT2D eigenvalue weighted by molar-refractivity contribution is 1.33. The number of hydrogen-bond donors (Lipinski definition) is 0. The van der Waals surface area contributed by atoms with Crippen LogP contribution in [0.2, 0.25) is 0 Å². The van der Waals surface area contributed by atoms with Gasteiger partial charge in [-0.15, -0.1) is 0 Å². The highest BCUT2D eigenvalue weighted by atomic mass is 14.7. The summed E-state index contributed by atoms with van der Waals surface area (Å²) in [5.74, 6) is 0. The normalized spacial score (nSPS) is 11.5. The molecule has 6 aromatic carbocycles. The van der Waals surface area contributed by atoms with E-state index in [1.165, 1.54) is 54.6 Å². The summed E-state index contributed by atoms with van der Waals surface area (Å²) < 4.78 is 0. The van der Waals surface area contributed by atoms with Gasteiger partial charge in [0, 0.05) is 40.2 Å².